The Kier molecular flexibility index (Phi) is 2.17. The van der Waals surface area contributed by atoms with Crippen LogP contribution in [0.2, 0.25) is 10.5 Å². The molecule has 0 saturated heterocycles. The van der Waals surface area contributed by atoms with Crippen molar-refractivity contribution in [2.45, 2.75) is 23.3 Å². The van der Waals surface area contributed by atoms with Crippen molar-refractivity contribution in [3.05, 3.63) is 44.2 Å². The van der Waals surface area contributed by atoms with Crippen LogP contribution in [0.1, 0.15) is 12.8 Å². The standard InChI is InChI=1S/2C5H5.2CH3.CH2.Ti/c2*1-2-4-5-3-1;;;;/h2*1-3H,4H2;2*1H3;1H2;. The molecule has 2 aliphatic carbocycles. The zero-order valence-corrected chi connectivity index (χ0v) is 10.6. The zero-order chi connectivity index (χ0) is 10.3. The van der Waals surface area contributed by atoms with Crippen molar-refractivity contribution < 1.29 is 14.8 Å². The molecule has 0 atom stereocenters. The predicted octanol–water partition coefficient (Wildman–Crippen LogP) is 3.89. The molecule has 2 aliphatic rings. The summed E-state index contributed by atoms with van der Waals surface area (Å²) in [6.45, 7) is 0. The van der Waals surface area contributed by atoms with Gasteiger partial charge in [0.05, 0.1) is 0 Å². The summed E-state index contributed by atoms with van der Waals surface area (Å²) in [6.07, 6.45) is 15.7. The van der Waals surface area contributed by atoms with Crippen molar-refractivity contribution in [3.8, 4) is 0 Å². The quantitative estimate of drug-likeness (QED) is 0.621. The van der Waals surface area contributed by atoms with E-state index in [4.69, 9.17) is 0 Å². The van der Waals surface area contributed by atoms with E-state index in [-0.39, 0.29) is 0 Å². The van der Waals surface area contributed by atoms with Crippen LogP contribution in [0.3, 0.4) is 0 Å². The fraction of sp³-hybridized carbons (Fsp3) is 0.308. The second kappa shape index (κ2) is 3.02. The van der Waals surface area contributed by atoms with Crippen LogP contribution in [-0.4, -0.2) is 4.82 Å². The maximum atomic E-state index is 4.64. The van der Waals surface area contributed by atoms with Gasteiger partial charge in [-0.3, -0.25) is 0 Å². The monoisotopic (exact) mass is 222 g/mol. The Morgan fingerprint density at radius 2 is 1.43 bits per heavy atom. The van der Waals surface area contributed by atoms with Crippen LogP contribution in [-0.2, 0) is 14.8 Å². The average molecular weight is 222 g/mol. The number of hydrogen-bond donors (Lipinski definition) is 0. The Balaban J connectivity index is 2.42. The molecule has 0 saturated carbocycles. The molecule has 0 N–H and O–H groups in total. The summed E-state index contributed by atoms with van der Waals surface area (Å²) in [6, 6.07) is 0. The number of rotatable bonds is 2. The van der Waals surface area contributed by atoms with Crippen LogP contribution >= 0.6 is 0 Å². The molecule has 74 valence electrons. The average Bonchev–Trinajstić information content (AvgIpc) is 2.78. The molecule has 0 fully saturated rings. The van der Waals surface area contributed by atoms with Crippen molar-refractivity contribution in [1.82, 2.24) is 0 Å². The van der Waals surface area contributed by atoms with Gasteiger partial charge < -0.3 is 0 Å². The molecular formula is C13H18Ti. The van der Waals surface area contributed by atoms with Gasteiger partial charge in [0, 0.05) is 0 Å². The number of hydrogen-bond acceptors (Lipinski definition) is 0. The summed E-state index contributed by atoms with van der Waals surface area (Å²) in [5.74, 6) is 0. The number of allylic oxidation sites excluding steroid dienone is 8. The Morgan fingerprint density at radius 1 is 1.00 bits per heavy atom. The summed E-state index contributed by atoms with van der Waals surface area (Å²) >= 11 is -2.68. The molecule has 0 bridgehead atoms. The third kappa shape index (κ3) is 1.47. The fourth-order valence-electron chi connectivity index (χ4n) is 2.29. The minimum absolute atomic E-state index is 1.13. The molecular weight excluding hydrogens is 204 g/mol. The van der Waals surface area contributed by atoms with Crippen LogP contribution in [0.15, 0.2) is 44.2 Å². The Labute approximate surface area is 87.1 Å². The van der Waals surface area contributed by atoms with E-state index in [1.165, 1.54) is 0 Å². The maximum absolute atomic E-state index is 4.64. The zero-order valence-electron chi connectivity index (χ0n) is 9.09. The van der Waals surface area contributed by atoms with Gasteiger partial charge in [0.15, 0.2) is 0 Å². The van der Waals surface area contributed by atoms with Gasteiger partial charge in [-0.15, -0.1) is 0 Å². The van der Waals surface area contributed by atoms with Crippen molar-refractivity contribution in [2.24, 2.45) is 0 Å². The normalized spacial score (nSPS) is 21.4. The van der Waals surface area contributed by atoms with Crippen LogP contribution < -0.4 is 0 Å². The molecule has 0 aromatic rings. The molecule has 0 aliphatic heterocycles. The summed E-state index contributed by atoms with van der Waals surface area (Å²) in [7, 11) is 0. The Hall–Kier alpha value is -0.456. The van der Waals surface area contributed by atoms with Gasteiger partial charge in [-0.25, -0.2) is 0 Å². The van der Waals surface area contributed by atoms with Crippen LogP contribution in [0.5, 0.6) is 0 Å². The van der Waals surface area contributed by atoms with E-state index in [0.29, 0.717) is 0 Å². The SMILES string of the molecule is [CH2]=[Ti]([CH3])([CH3])([C]1=CC=CC1)[C]1=CC=CC1. The molecule has 0 nitrogen and oxygen atoms in total. The second-order valence-corrected chi connectivity index (χ2v) is 15.7. The van der Waals surface area contributed by atoms with Gasteiger partial charge in [0.1, 0.15) is 0 Å². The first-order valence-corrected chi connectivity index (χ1v) is 11.1. The van der Waals surface area contributed by atoms with E-state index < -0.39 is 14.8 Å². The van der Waals surface area contributed by atoms with Crippen LogP contribution in [0, 0.1) is 0 Å². The summed E-state index contributed by atoms with van der Waals surface area (Å²) in [5, 5.41) is 4.85. The van der Waals surface area contributed by atoms with E-state index in [0.717, 1.165) is 12.8 Å². The molecule has 0 heterocycles. The fourth-order valence-corrected chi connectivity index (χ4v) is 7.32. The molecule has 0 unspecified atom stereocenters. The topological polar surface area (TPSA) is 0 Å². The first-order chi connectivity index (χ1) is 6.49. The van der Waals surface area contributed by atoms with Crippen molar-refractivity contribution in [3.63, 3.8) is 0 Å². The van der Waals surface area contributed by atoms with Gasteiger partial charge >= 0.3 is 87.2 Å². The van der Waals surface area contributed by atoms with E-state index in [1.807, 2.05) is 0 Å². The molecule has 0 amide bonds. The van der Waals surface area contributed by atoms with E-state index >= 15 is 0 Å². The van der Waals surface area contributed by atoms with Crippen molar-refractivity contribution in [1.29, 1.82) is 0 Å². The van der Waals surface area contributed by atoms with E-state index in [2.05, 4.69) is 51.7 Å². The molecule has 0 aromatic carbocycles. The third-order valence-electron chi connectivity index (χ3n) is 3.60. The molecule has 0 radical (unpaired) electrons. The van der Waals surface area contributed by atoms with Gasteiger partial charge in [-0.05, 0) is 0 Å². The molecule has 1 heteroatoms. The van der Waals surface area contributed by atoms with Gasteiger partial charge in [-0.2, -0.15) is 0 Å². The molecule has 0 aromatic heterocycles. The molecule has 2 rings (SSSR count). The van der Waals surface area contributed by atoms with Crippen molar-refractivity contribution >= 4 is 4.82 Å². The Morgan fingerprint density at radius 3 is 1.71 bits per heavy atom. The predicted molar refractivity (Wildman–Crippen MR) is 62.5 cm³/mol. The summed E-state index contributed by atoms with van der Waals surface area (Å²) < 4.78 is 3.22. The summed E-state index contributed by atoms with van der Waals surface area (Å²) in [4.78, 5) is 4.64. The molecule has 0 spiro atoms. The first kappa shape index (κ1) is 10.1. The van der Waals surface area contributed by atoms with Crippen molar-refractivity contribution in [2.75, 3.05) is 0 Å². The molecule has 14 heavy (non-hydrogen) atoms. The van der Waals surface area contributed by atoms with Crippen LogP contribution in [0.4, 0.5) is 0 Å². The van der Waals surface area contributed by atoms with E-state index in [1.54, 1.807) is 7.76 Å². The van der Waals surface area contributed by atoms with Gasteiger partial charge in [-0.1, -0.05) is 0 Å². The third-order valence-corrected chi connectivity index (χ3v) is 11.2. The van der Waals surface area contributed by atoms with Gasteiger partial charge in [0.2, 0.25) is 0 Å². The second-order valence-electron chi connectivity index (χ2n) is 5.33. The minimum atomic E-state index is -2.68. The Bertz CT molecular complexity index is 400. The first-order valence-electron chi connectivity index (χ1n) is 5.29. The van der Waals surface area contributed by atoms with Crippen LogP contribution in [0.25, 0.3) is 0 Å². The summed E-state index contributed by atoms with van der Waals surface area (Å²) in [5.41, 5.74) is 0. The van der Waals surface area contributed by atoms with E-state index in [9.17, 15) is 0 Å². The van der Waals surface area contributed by atoms with Gasteiger partial charge in [0.25, 0.3) is 0 Å².